The van der Waals surface area contributed by atoms with Crippen LogP contribution >= 0.6 is 0 Å². The second-order valence-corrected chi connectivity index (χ2v) is 4.11. The van der Waals surface area contributed by atoms with Gasteiger partial charge in [-0.3, -0.25) is 4.90 Å². The van der Waals surface area contributed by atoms with Crippen LogP contribution < -0.4 is 4.74 Å². The van der Waals surface area contributed by atoms with Crippen LogP contribution in [-0.2, 0) is 5.54 Å². The molecule has 0 aliphatic carbocycles. The molecule has 1 heterocycles. The lowest BCUT2D eigenvalue weighted by Gasteiger charge is -2.39. The molecule has 3 nitrogen and oxygen atoms in total. The summed E-state index contributed by atoms with van der Waals surface area (Å²) in [6.07, 6.45) is 0. The van der Waals surface area contributed by atoms with Crippen molar-refractivity contribution < 1.29 is 4.74 Å². The van der Waals surface area contributed by atoms with Crippen LogP contribution in [0.5, 0.6) is 5.75 Å². The number of likely N-dealkylation sites (N-methyl/N-ethyl adjacent to an activating group) is 1. The fourth-order valence-electron chi connectivity index (χ4n) is 2.15. The summed E-state index contributed by atoms with van der Waals surface area (Å²) in [5.74, 6) is 0.769. The van der Waals surface area contributed by atoms with E-state index >= 15 is 0 Å². The van der Waals surface area contributed by atoms with Crippen LogP contribution in [0.25, 0.3) is 0 Å². The van der Waals surface area contributed by atoms with Gasteiger partial charge in [0.05, 0.1) is 6.07 Å². The van der Waals surface area contributed by atoms with Crippen LogP contribution in [0.15, 0.2) is 36.4 Å². The van der Waals surface area contributed by atoms with E-state index in [1.165, 1.54) is 0 Å². The van der Waals surface area contributed by atoms with Crippen molar-refractivity contribution in [3.05, 3.63) is 42.0 Å². The molecule has 1 unspecified atom stereocenters. The van der Waals surface area contributed by atoms with Gasteiger partial charge in [0.25, 0.3) is 0 Å². The number of fused-ring (bicyclic) bond motifs is 1. The largest absolute Gasteiger partial charge is 0.489 e. The molecule has 0 spiro atoms. The second kappa shape index (κ2) is 3.66. The smallest absolute Gasteiger partial charge is 0.162 e. The van der Waals surface area contributed by atoms with Gasteiger partial charge in [-0.25, -0.2) is 0 Å². The third kappa shape index (κ3) is 1.24. The van der Waals surface area contributed by atoms with Gasteiger partial charge >= 0.3 is 0 Å². The maximum atomic E-state index is 9.52. The molecule has 2 rings (SSSR count). The molecule has 1 aliphatic heterocycles. The van der Waals surface area contributed by atoms with Crippen molar-refractivity contribution in [3.63, 3.8) is 0 Å². The first kappa shape index (κ1) is 10.7. The zero-order chi connectivity index (χ0) is 11.8. The van der Waals surface area contributed by atoms with Crippen LogP contribution in [0.1, 0.15) is 5.56 Å². The van der Waals surface area contributed by atoms with Crippen molar-refractivity contribution >= 4 is 0 Å². The highest BCUT2D eigenvalue weighted by Crippen LogP contribution is 2.41. The van der Waals surface area contributed by atoms with Gasteiger partial charge in [0, 0.05) is 5.56 Å². The van der Waals surface area contributed by atoms with Gasteiger partial charge in [0.15, 0.2) is 5.54 Å². The van der Waals surface area contributed by atoms with Crippen molar-refractivity contribution in [1.29, 1.82) is 5.26 Å². The Kier molecular flexibility index (Phi) is 2.45. The molecule has 1 atom stereocenters. The molecule has 0 amide bonds. The predicted molar refractivity (Wildman–Crippen MR) is 62.1 cm³/mol. The van der Waals surface area contributed by atoms with E-state index in [-0.39, 0.29) is 0 Å². The minimum absolute atomic E-state index is 0.392. The summed E-state index contributed by atoms with van der Waals surface area (Å²) in [6, 6.07) is 10.00. The minimum Gasteiger partial charge on any atom is -0.489 e. The van der Waals surface area contributed by atoms with Crippen molar-refractivity contribution in [1.82, 2.24) is 4.90 Å². The van der Waals surface area contributed by atoms with Gasteiger partial charge in [-0.15, -0.1) is 0 Å². The Morgan fingerprint density at radius 2 is 2.12 bits per heavy atom. The topological polar surface area (TPSA) is 36.3 Å². The van der Waals surface area contributed by atoms with Gasteiger partial charge < -0.3 is 4.74 Å². The predicted octanol–water partition coefficient (Wildman–Crippen LogP) is 1.92. The van der Waals surface area contributed by atoms with Crippen molar-refractivity contribution in [2.75, 3.05) is 20.7 Å². The fraction of sp³-hybridized carbons (Fsp3) is 0.308. The molecule has 16 heavy (non-hydrogen) atoms. The Morgan fingerprint density at radius 3 is 2.75 bits per heavy atom. The second-order valence-electron chi connectivity index (χ2n) is 4.11. The summed E-state index contributed by atoms with van der Waals surface area (Å²) < 4.78 is 5.57. The molecule has 0 fully saturated rings. The van der Waals surface area contributed by atoms with Crippen LogP contribution in [0.2, 0.25) is 0 Å². The molecule has 1 aromatic rings. The van der Waals surface area contributed by atoms with Gasteiger partial charge in [-0.05, 0) is 25.7 Å². The molecular formula is C13H14N2O. The number of rotatable bonds is 1. The highest BCUT2D eigenvalue weighted by Gasteiger charge is 2.43. The zero-order valence-corrected chi connectivity index (χ0v) is 9.53. The lowest BCUT2D eigenvalue weighted by molar-refractivity contribution is 0.198. The number of hydrogen-bond donors (Lipinski definition) is 0. The molecule has 0 saturated heterocycles. The van der Waals surface area contributed by atoms with Crippen LogP contribution in [0, 0.1) is 11.3 Å². The lowest BCUT2D eigenvalue weighted by atomic mass is 9.81. The van der Waals surface area contributed by atoms with Crippen molar-refractivity contribution in [2.24, 2.45) is 0 Å². The van der Waals surface area contributed by atoms with Crippen LogP contribution in [0.3, 0.4) is 0 Å². The quantitative estimate of drug-likeness (QED) is 0.670. The lowest BCUT2D eigenvalue weighted by Crippen LogP contribution is -2.45. The van der Waals surface area contributed by atoms with E-state index in [1.54, 1.807) is 0 Å². The van der Waals surface area contributed by atoms with Gasteiger partial charge in [-0.1, -0.05) is 24.8 Å². The highest BCUT2D eigenvalue weighted by atomic mass is 16.5. The molecule has 0 bridgehead atoms. The average molecular weight is 214 g/mol. The van der Waals surface area contributed by atoms with Gasteiger partial charge in [0.2, 0.25) is 0 Å². The van der Waals surface area contributed by atoms with Crippen LogP contribution in [0.4, 0.5) is 0 Å². The average Bonchev–Trinajstić information content (AvgIpc) is 2.29. The molecule has 0 N–H and O–H groups in total. The van der Waals surface area contributed by atoms with Crippen LogP contribution in [-0.4, -0.2) is 25.6 Å². The maximum absolute atomic E-state index is 9.52. The van der Waals surface area contributed by atoms with E-state index in [0.717, 1.165) is 16.9 Å². The Morgan fingerprint density at radius 1 is 1.44 bits per heavy atom. The zero-order valence-electron chi connectivity index (χ0n) is 9.53. The molecule has 0 radical (unpaired) electrons. The molecule has 82 valence electrons. The van der Waals surface area contributed by atoms with E-state index in [0.29, 0.717) is 6.61 Å². The fourth-order valence-corrected chi connectivity index (χ4v) is 2.15. The summed E-state index contributed by atoms with van der Waals surface area (Å²) in [5, 5.41) is 9.52. The SMILES string of the molecule is C=C1COc2ccccc2C1(C#N)N(C)C. The third-order valence-corrected chi connectivity index (χ3v) is 3.02. The van der Waals surface area contributed by atoms with E-state index < -0.39 is 5.54 Å². The molecule has 3 heteroatoms. The van der Waals surface area contributed by atoms with E-state index in [9.17, 15) is 5.26 Å². The van der Waals surface area contributed by atoms with E-state index in [2.05, 4.69) is 12.6 Å². The molecule has 1 aromatic carbocycles. The normalized spacial score (nSPS) is 23.5. The summed E-state index contributed by atoms with van der Waals surface area (Å²) in [4.78, 5) is 1.89. The number of ether oxygens (including phenoxy) is 1. The number of para-hydroxylation sites is 1. The van der Waals surface area contributed by atoms with Gasteiger partial charge in [0.1, 0.15) is 12.4 Å². The third-order valence-electron chi connectivity index (χ3n) is 3.02. The monoisotopic (exact) mass is 214 g/mol. The Bertz CT molecular complexity index is 473. The highest BCUT2D eigenvalue weighted by molar-refractivity contribution is 5.52. The summed E-state index contributed by atoms with van der Waals surface area (Å²) in [7, 11) is 3.77. The van der Waals surface area contributed by atoms with E-state index in [1.807, 2.05) is 43.3 Å². The Balaban J connectivity index is 2.69. The standard InChI is InChI=1S/C13H14N2O/c1-10-8-16-12-7-5-4-6-11(12)13(10,9-14)15(2)3/h4-7H,1,8H2,2-3H3. The minimum atomic E-state index is -0.769. The number of nitriles is 1. The Labute approximate surface area is 95.6 Å². The number of nitrogens with zero attached hydrogens (tertiary/aromatic N) is 2. The molecule has 1 aliphatic rings. The Hall–Kier alpha value is -1.79. The molecule has 0 aromatic heterocycles. The summed E-state index contributed by atoms with van der Waals surface area (Å²) >= 11 is 0. The number of hydrogen-bond acceptors (Lipinski definition) is 3. The van der Waals surface area contributed by atoms with Crippen molar-refractivity contribution in [3.8, 4) is 11.8 Å². The molecular weight excluding hydrogens is 200 g/mol. The summed E-state index contributed by atoms with van der Waals surface area (Å²) in [6.45, 7) is 4.36. The number of benzene rings is 1. The van der Waals surface area contributed by atoms with Crippen molar-refractivity contribution in [2.45, 2.75) is 5.54 Å². The van der Waals surface area contributed by atoms with Gasteiger partial charge in [-0.2, -0.15) is 5.26 Å². The molecule has 0 saturated carbocycles. The van der Waals surface area contributed by atoms with E-state index in [4.69, 9.17) is 4.74 Å². The first-order valence-corrected chi connectivity index (χ1v) is 5.12. The first-order chi connectivity index (χ1) is 7.63. The maximum Gasteiger partial charge on any atom is 0.162 e. The summed E-state index contributed by atoms with van der Waals surface area (Å²) in [5.41, 5.74) is 0.881. The first-order valence-electron chi connectivity index (χ1n) is 5.12.